The van der Waals surface area contributed by atoms with E-state index in [1.165, 1.54) is 0 Å². The van der Waals surface area contributed by atoms with Gasteiger partial charge in [0.05, 0.1) is 12.1 Å². The summed E-state index contributed by atoms with van der Waals surface area (Å²) < 4.78 is 0. The molecule has 0 aromatic carbocycles. The fraction of sp³-hybridized carbons (Fsp3) is 0.900. The molecule has 0 bridgehead atoms. The van der Waals surface area contributed by atoms with E-state index in [4.69, 9.17) is 5.11 Å². The Hall–Kier alpha value is -0.570. The van der Waals surface area contributed by atoms with Crippen LogP contribution >= 0.6 is 0 Å². The van der Waals surface area contributed by atoms with Crippen LogP contribution in [0.1, 0.15) is 27.2 Å². The highest BCUT2D eigenvalue weighted by atomic mass is 16.3. The number of likely N-dealkylation sites (N-methyl/N-ethyl adjacent to an activating group) is 1. The van der Waals surface area contributed by atoms with E-state index >= 15 is 0 Å². The van der Waals surface area contributed by atoms with Gasteiger partial charge in [-0.15, -0.1) is 0 Å². The Morgan fingerprint density at radius 1 is 1.62 bits per heavy atom. The van der Waals surface area contributed by atoms with Crippen LogP contribution in [-0.2, 0) is 4.79 Å². The number of hydrogen-bond acceptors (Lipinski definition) is 2. The zero-order chi connectivity index (χ0) is 10.2. The summed E-state index contributed by atoms with van der Waals surface area (Å²) in [5, 5.41) is 9.09. The summed E-state index contributed by atoms with van der Waals surface area (Å²) >= 11 is 0. The van der Waals surface area contributed by atoms with E-state index in [0.717, 1.165) is 6.42 Å². The number of aliphatic hydroxyl groups is 1. The van der Waals surface area contributed by atoms with Gasteiger partial charge in [-0.2, -0.15) is 0 Å². The molecule has 1 N–H and O–H groups in total. The smallest absolute Gasteiger partial charge is 0.226 e. The number of nitrogens with zero attached hydrogens (tertiary/aromatic N) is 1. The predicted octanol–water partition coefficient (Wildman–Crippen LogP) is 0.872. The molecule has 0 heterocycles. The molecule has 0 spiro atoms. The predicted molar refractivity (Wildman–Crippen MR) is 51.2 cm³/mol. The molecule has 1 rings (SSSR count). The van der Waals surface area contributed by atoms with Crippen molar-refractivity contribution in [2.45, 2.75) is 32.7 Å². The molecule has 1 saturated carbocycles. The third-order valence-electron chi connectivity index (χ3n) is 3.05. The molecule has 2 unspecified atom stereocenters. The van der Waals surface area contributed by atoms with E-state index in [9.17, 15) is 4.79 Å². The molecule has 0 radical (unpaired) electrons. The van der Waals surface area contributed by atoms with Gasteiger partial charge in [-0.3, -0.25) is 4.79 Å². The molecular weight excluding hydrogens is 166 g/mol. The molecule has 0 aromatic heterocycles. The first kappa shape index (κ1) is 10.5. The van der Waals surface area contributed by atoms with Crippen LogP contribution < -0.4 is 0 Å². The van der Waals surface area contributed by atoms with Crippen LogP contribution in [0.2, 0.25) is 0 Å². The van der Waals surface area contributed by atoms with Crippen LogP contribution in [0.15, 0.2) is 0 Å². The maximum absolute atomic E-state index is 11.7. The second-order valence-electron chi connectivity index (χ2n) is 4.69. The van der Waals surface area contributed by atoms with Gasteiger partial charge < -0.3 is 10.0 Å². The van der Waals surface area contributed by atoms with E-state index < -0.39 is 5.54 Å². The first-order valence-corrected chi connectivity index (χ1v) is 4.78. The molecule has 0 aliphatic heterocycles. The molecule has 3 heteroatoms. The monoisotopic (exact) mass is 185 g/mol. The van der Waals surface area contributed by atoms with Crippen molar-refractivity contribution in [2.75, 3.05) is 13.7 Å². The van der Waals surface area contributed by atoms with Gasteiger partial charge in [0.1, 0.15) is 0 Å². The van der Waals surface area contributed by atoms with Crippen molar-refractivity contribution in [2.24, 2.45) is 11.8 Å². The summed E-state index contributed by atoms with van der Waals surface area (Å²) in [6, 6.07) is 0. The summed E-state index contributed by atoms with van der Waals surface area (Å²) in [4.78, 5) is 13.4. The summed E-state index contributed by atoms with van der Waals surface area (Å²) in [5.41, 5.74) is -0.431. The van der Waals surface area contributed by atoms with Gasteiger partial charge in [0, 0.05) is 13.0 Å². The Morgan fingerprint density at radius 2 is 2.08 bits per heavy atom. The molecule has 2 atom stereocenters. The van der Waals surface area contributed by atoms with Gasteiger partial charge in [-0.1, -0.05) is 6.92 Å². The topological polar surface area (TPSA) is 40.5 Å². The van der Waals surface area contributed by atoms with Gasteiger partial charge in [-0.25, -0.2) is 0 Å². The first-order chi connectivity index (χ1) is 5.90. The molecule has 3 nitrogen and oxygen atoms in total. The van der Waals surface area contributed by atoms with Gasteiger partial charge in [0.15, 0.2) is 0 Å². The van der Waals surface area contributed by atoms with Crippen LogP contribution in [0.3, 0.4) is 0 Å². The highest BCUT2D eigenvalue weighted by Gasteiger charge is 2.43. The number of hydrogen-bond donors (Lipinski definition) is 1. The SMILES string of the molecule is CC1CC1C(=O)N(C)C(C)(C)CO. The van der Waals surface area contributed by atoms with Crippen molar-refractivity contribution in [3.63, 3.8) is 0 Å². The molecule has 0 aromatic rings. The van der Waals surface area contributed by atoms with Crippen LogP contribution in [0, 0.1) is 11.8 Å². The fourth-order valence-electron chi connectivity index (χ4n) is 1.32. The second kappa shape index (κ2) is 3.29. The lowest BCUT2D eigenvalue weighted by Crippen LogP contribution is -2.48. The summed E-state index contributed by atoms with van der Waals surface area (Å²) in [6.45, 7) is 5.84. The Bertz CT molecular complexity index is 213. The fourth-order valence-corrected chi connectivity index (χ4v) is 1.32. The van der Waals surface area contributed by atoms with Crippen LogP contribution in [0.4, 0.5) is 0 Å². The molecular formula is C10H19NO2. The minimum Gasteiger partial charge on any atom is -0.394 e. The van der Waals surface area contributed by atoms with Gasteiger partial charge in [0.2, 0.25) is 5.91 Å². The second-order valence-corrected chi connectivity index (χ2v) is 4.69. The number of carbonyl (C=O) groups is 1. The number of aliphatic hydroxyl groups excluding tert-OH is 1. The van der Waals surface area contributed by atoms with E-state index in [0.29, 0.717) is 5.92 Å². The summed E-state index contributed by atoms with van der Waals surface area (Å²) in [6.07, 6.45) is 1.00. The number of rotatable bonds is 3. The lowest BCUT2D eigenvalue weighted by molar-refractivity contribution is -0.137. The first-order valence-electron chi connectivity index (χ1n) is 4.78. The average molecular weight is 185 g/mol. The van der Waals surface area contributed by atoms with Crippen molar-refractivity contribution in [1.29, 1.82) is 0 Å². The molecule has 13 heavy (non-hydrogen) atoms. The zero-order valence-corrected chi connectivity index (χ0v) is 8.87. The van der Waals surface area contributed by atoms with Crippen LogP contribution in [0.5, 0.6) is 0 Å². The third kappa shape index (κ3) is 2.02. The van der Waals surface area contributed by atoms with Crippen molar-refractivity contribution >= 4 is 5.91 Å². The molecule has 1 fully saturated rings. The van der Waals surface area contributed by atoms with Crippen molar-refractivity contribution in [3.8, 4) is 0 Å². The Balaban J connectivity index is 2.57. The number of amides is 1. The lowest BCUT2D eigenvalue weighted by Gasteiger charge is -2.34. The molecule has 76 valence electrons. The molecule has 1 aliphatic rings. The largest absolute Gasteiger partial charge is 0.394 e. The van der Waals surface area contributed by atoms with Crippen LogP contribution in [-0.4, -0.2) is 35.1 Å². The third-order valence-corrected chi connectivity index (χ3v) is 3.05. The maximum Gasteiger partial charge on any atom is 0.226 e. The van der Waals surface area contributed by atoms with E-state index in [2.05, 4.69) is 6.92 Å². The highest BCUT2D eigenvalue weighted by molar-refractivity contribution is 5.82. The van der Waals surface area contributed by atoms with Gasteiger partial charge >= 0.3 is 0 Å². The Kier molecular flexibility index (Phi) is 2.66. The minimum atomic E-state index is -0.431. The molecule has 1 aliphatic carbocycles. The Labute approximate surface area is 79.7 Å². The quantitative estimate of drug-likeness (QED) is 0.709. The normalized spacial score (nSPS) is 27.2. The van der Waals surface area contributed by atoms with Gasteiger partial charge in [0.25, 0.3) is 0 Å². The zero-order valence-electron chi connectivity index (χ0n) is 8.87. The maximum atomic E-state index is 11.7. The molecule has 0 saturated heterocycles. The van der Waals surface area contributed by atoms with Crippen molar-refractivity contribution in [1.82, 2.24) is 4.90 Å². The highest BCUT2D eigenvalue weighted by Crippen LogP contribution is 2.39. The minimum absolute atomic E-state index is 0.0103. The summed E-state index contributed by atoms with van der Waals surface area (Å²) in [7, 11) is 1.77. The average Bonchev–Trinajstić information content (AvgIpc) is 2.80. The van der Waals surface area contributed by atoms with E-state index in [1.807, 2.05) is 13.8 Å². The van der Waals surface area contributed by atoms with Crippen molar-refractivity contribution in [3.05, 3.63) is 0 Å². The lowest BCUT2D eigenvalue weighted by atomic mass is 10.0. The summed E-state index contributed by atoms with van der Waals surface area (Å²) in [5.74, 6) is 0.909. The van der Waals surface area contributed by atoms with Crippen molar-refractivity contribution < 1.29 is 9.90 Å². The van der Waals surface area contributed by atoms with Crippen LogP contribution in [0.25, 0.3) is 0 Å². The number of carbonyl (C=O) groups excluding carboxylic acids is 1. The van der Waals surface area contributed by atoms with E-state index in [1.54, 1.807) is 11.9 Å². The molecule has 1 amide bonds. The standard InChI is InChI=1S/C10H19NO2/c1-7-5-8(7)9(13)11(4)10(2,3)6-12/h7-8,12H,5-6H2,1-4H3. The Morgan fingerprint density at radius 3 is 2.38 bits per heavy atom. The van der Waals surface area contributed by atoms with E-state index in [-0.39, 0.29) is 18.4 Å². The van der Waals surface area contributed by atoms with Gasteiger partial charge in [-0.05, 0) is 26.2 Å².